The van der Waals surface area contributed by atoms with Crippen molar-refractivity contribution in [1.29, 1.82) is 0 Å². The highest BCUT2D eigenvalue weighted by Gasteiger charge is 2.17. The number of hydrogen-bond acceptors (Lipinski definition) is 8. The van der Waals surface area contributed by atoms with E-state index in [2.05, 4.69) is 20.7 Å². The van der Waals surface area contributed by atoms with Gasteiger partial charge in [0, 0.05) is 27.9 Å². The molecule has 0 aliphatic carbocycles. The van der Waals surface area contributed by atoms with Gasteiger partial charge in [0.15, 0.2) is 22.5 Å². The van der Waals surface area contributed by atoms with E-state index in [0.29, 0.717) is 38.8 Å². The number of aromatic nitrogens is 3. The summed E-state index contributed by atoms with van der Waals surface area (Å²) in [7, 11) is 4.62. The fourth-order valence-corrected chi connectivity index (χ4v) is 4.44. The largest absolute Gasteiger partial charge is 0.496 e. The Balaban J connectivity index is 1.50. The van der Waals surface area contributed by atoms with E-state index in [1.165, 1.54) is 32.2 Å². The van der Waals surface area contributed by atoms with E-state index in [1.807, 2.05) is 47.9 Å². The topological polar surface area (TPSA) is 99.9 Å². The van der Waals surface area contributed by atoms with Gasteiger partial charge in [0.05, 0.1) is 33.3 Å². The number of amides is 1. The van der Waals surface area contributed by atoms with Crippen molar-refractivity contribution in [3.05, 3.63) is 76.8 Å². The Bertz CT molecular complexity index is 1440. The van der Waals surface area contributed by atoms with Crippen LogP contribution >= 0.6 is 23.4 Å². The van der Waals surface area contributed by atoms with Crippen molar-refractivity contribution < 1.29 is 19.0 Å². The molecule has 0 saturated heterocycles. The predicted molar refractivity (Wildman–Crippen MR) is 149 cm³/mol. The average Bonchev–Trinajstić information content (AvgIpc) is 3.36. The van der Waals surface area contributed by atoms with Gasteiger partial charge in [0.25, 0.3) is 5.91 Å². The summed E-state index contributed by atoms with van der Waals surface area (Å²) in [6, 6.07) is 18.8. The first-order valence-corrected chi connectivity index (χ1v) is 12.8. The molecule has 0 spiro atoms. The molecule has 38 heavy (non-hydrogen) atoms. The maximum Gasteiger partial charge on any atom is 0.250 e. The molecule has 1 heterocycles. The van der Waals surface area contributed by atoms with Gasteiger partial charge < -0.3 is 14.2 Å². The number of carbonyl (C=O) groups excluding carboxylic acids is 1. The van der Waals surface area contributed by atoms with Crippen molar-refractivity contribution in [1.82, 2.24) is 20.2 Å². The molecule has 9 nitrogen and oxygen atoms in total. The quantitative estimate of drug-likeness (QED) is 0.165. The van der Waals surface area contributed by atoms with Crippen molar-refractivity contribution >= 4 is 35.5 Å². The number of methoxy groups -OCH3 is 3. The SMILES string of the molecule is COc1cc(OC)c(OC)cc1/C=N\NC(=O)CSc1nnc(-c2ccc(Cl)cc2)n1-c1ccc(C)cc1. The number of hydrogen-bond donors (Lipinski definition) is 1. The number of hydrazone groups is 1. The Labute approximate surface area is 229 Å². The molecule has 0 aliphatic rings. The van der Waals surface area contributed by atoms with Crippen LogP contribution in [-0.4, -0.2) is 54.0 Å². The zero-order chi connectivity index (χ0) is 27.1. The van der Waals surface area contributed by atoms with Crippen molar-refractivity contribution in [2.45, 2.75) is 12.1 Å². The molecule has 1 amide bonds. The molecule has 4 rings (SSSR count). The maximum absolute atomic E-state index is 12.6. The summed E-state index contributed by atoms with van der Waals surface area (Å²) in [5, 5.41) is 14.0. The Morgan fingerprint density at radius 1 is 0.974 bits per heavy atom. The Morgan fingerprint density at radius 3 is 2.29 bits per heavy atom. The van der Waals surface area contributed by atoms with Gasteiger partial charge in [-0.2, -0.15) is 5.10 Å². The normalized spacial score (nSPS) is 11.0. The van der Waals surface area contributed by atoms with Crippen LogP contribution in [-0.2, 0) is 4.79 Å². The summed E-state index contributed by atoms with van der Waals surface area (Å²) < 4.78 is 17.9. The number of rotatable bonds is 10. The monoisotopic (exact) mass is 551 g/mol. The van der Waals surface area contributed by atoms with Crippen molar-refractivity contribution in [2.24, 2.45) is 5.10 Å². The molecule has 196 valence electrons. The molecule has 0 aliphatic heterocycles. The highest BCUT2D eigenvalue weighted by molar-refractivity contribution is 7.99. The molecule has 4 aromatic rings. The van der Waals surface area contributed by atoms with Gasteiger partial charge in [-0.05, 0) is 49.4 Å². The Morgan fingerprint density at radius 2 is 1.63 bits per heavy atom. The zero-order valence-electron chi connectivity index (χ0n) is 21.3. The molecular formula is C27H26ClN5O4S. The lowest BCUT2D eigenvalue weighted by atomic mass is 10.2. The van der Waals surface area contributed by atoms with E-state index in [1.54, 1.807) is 31.4 Å². The van der Waals surface area contributed by atoms with Crippen LogP contribution < -0.4 is 19.6 Å². The third kappa shape index (κ3) is 6.27. The average molecular weight is 552 g/mol. The number of halogens is 1. The molecule has 0 bridgehead atoms. The third-order valence-corrected chi connectivity index (χ3v) is 6.67. The number of benzene rings is 3. The standard InChI is InChI=1S/C27H26ClN5O4S/c1-17-5-11-21(12-6-17)33-26(18-7-9-20(28)10-8-18)31-32-27(33)38-16-25(34)30-29-15-19-13-23(36-3)24(37-4)14-22(19)35-2/h5-15H,16H2,1-4H3,(H,30,34)/b29-15-. The lowest BCUT2D eigenvalue weighted by Crippen LogP contribution is -2.20. The van der Waals surface area contributed by atoms with Gasteiger partial charge in [-0.3, -0.25) is 9.36 Å². The minimum Gasteiger partial charge on any atom is -0.496 e. The first-order chi connectivity index (χ1) is 18.4. The van der Waals surface area contributed by atoms with Crippen LogP contribution in [0.2, 0.25) is 5.02 Å². The number of aryl methyl sites for hydroxylation is 1. The van der Waals surface area contributed by atoms with Gasteiger partial charge in [0.2, 0.25) is 0 Å². The van der Waals surface area contributed by atoms with E-state index < -0.39 is 0 Å². The van der Waals surface area contributed by atoms with Crippen molar-refractivity contribution in [2.75, 3.05) is 27.1 Å². The highest BCUT2D eigenvalue weighted by atomic mass is 35.5. The van der Waals surface area contributed by atoms with E-state index >= 15 is 0 Å². The molecule has 0 unspecified atom stereocenters. The molecular weight excluding hydrogens is 526 g/mol. The van der Waals surface area contributed by atoms with E-state index in [9.17, 15) is 4.79 Å². The minimum atomic E-state index is -0.308. The summed E-state index contributed by atoms with van der Waals surface area (Å²) in [6.07, 6.45) is 1.48. The second-order valence-corrected chi connectivity index (χ2v) is 9.39. The van der Waals surface area contributed by atoms with E-state index in [4.69, 9.17) is 25.8 Å². The molecule has 1 N–H and O–H groups in total. The summed E-state index contributed by atoms with van der Waals surface area (Å²) in [5.41, 5.74) is 6.02. The second-order valence-electron chi connectivity index (χ2n) is 8.02. The van der Waals surface area contributed by atoms with Crippen LogP contribution in [0.4, 0.5) is 0 Å². The first-order valence-electron chi connectivity index (χ1n) is 11.5. The highest BCUT2D eigenvalue weighted by Crippen LogP contribution is 2.34. The molecule has 0 saturated carbocycles. The Kier molecular flexibility index (Phi) is 8.88. The molecule has 3 aromatic carbocycles. The number of ether oxygens (including phenoxy) is 3. The third-order valence-electron chi connectivity index (χ3n) is 5.49. The molecule has 0 fully saturated rings. The van der Waals surface area contributed by atoms with Crippen LogP contribution in [0.5, 0.6) is 17.2 Å². The van der Waals surface area contributed by atoms with Crippen molar-refractivity contribution in [3.63, 3.8) is 0 Å². The first kappa shape index (κ1) is 27.0. The molecule has 11 heteroatoms. The van der Waals surface area contributed by atoms with Crippen LogP contribution in [0.25, 0.3) is 17.1 Å². The molecule has 0 radical (unpaired) electrons. The predicted octanol–water partition coefficient (Wildman–Crippen LogP) is 5.16. The minimum absolute atomic E-state index is 0.0744. The van der Waals surface area contributed by atoms with E-state index in [0.717, 1.165) is 16.8 Å². The smallest absolute Gasteiger partial charge is 0.250 e. The van der Waals surface area contributed by atoms with Gasteiger partial charge in [-0.25, -0.2) is 5.43 Å². The molecule has 1 aromatic heterocycles. The van der Waals surface area contributed by atoms with Gasteiger partial charge in [-0.1, -0.05) is 41.1 Å². The number of thioether (sulfide) groups is 1. The van der Waals surface area contributed by atoms with Gasteiger partial charge in [0.1, 0.15) is 5.75 Å². The fraction of sp³-hybridized carbons (Fsp3) is 0.185. The summed E-state index contributed by atoms with van der Waals surface area (Å²) in [6.45, 7) is 2.02. The van der Waals surface area contributed by atoms with Crippen molar-refractivity contribution in [3.8, 4) is 34.3 Å². The summed E-state index contributed by atoms with van der Waals surface area (Å²) >= 11 is 7.32. The molecule has 0 atom stereocenters. The number of carbonyl (C=O) groups is 1. The number of nitrogens with one attached hydrogen (secondary N) is 1. The lowest BCUT2D eigenvalue weighted by molar-refractivity contribution is -0.118. The summed E-state index contributed by atoms with van der Waals surface area (Å²) in [5.74, 6) is 1.98. The number of nitrogens with zero attached hydrogens (tertiary/aromatic N) is 4. The van der Waals surface area contributed by atoms with Crippen LogP contribution in [0.15, 0.2) is 70.9 Å². The van der Waals surface area contributed by atoms with Crippen LogP contribution in [0.1, 0.15) is 11.1 Å². The Hall–Kier alpha value is -4.02. The van der Waals surface area contributed by atoms with Gasteiger partial charge in [-0.15, -0.1) is 10.2 Å². The summed E-state index contributed by atoms with van der Waals surface area (Å²) in [4.78, 5) is 12.6. The fourth-order valence-electron chi connectivity index (χ4n) is 3.57. The van der Waals surface area contributed by atoms with Crippen LogP contribution in [0, 0.1) is 6.92 Å². The van der Waals surface area contributed by atoms with Crippen LogP contribution in [0.3, 0.4) is 0 Å². The maximum atomic E-state index is 12.6. The van der Waals surface area contributed by atoms with Gasteiger partial charge >= 0.3 is 0 Å². The second kappa shape index (κ2) is 12.5. The zero-order valence-corrected chi connectivity index (χ0v) is 22.8. The lowest BCUT2D eigenvalue weighted by Gasteiger charge is -2.12. The van der Waals surface area contributed by atoms with E-state index in [-0.39, 0.29) is 11.7 Å².